The molecular weight excluding hydrogens is 216 g/mol. The lowest BCUT2D eigenvalue weighted by Crippen LogP contribution is -2.26. The molecule has 6 nitrogen and oxygen atoms in total. The first-order valence-electron chi connectivity index (χ1n) is 5.44. The van der Waals surface area contributed by atoms with Gasteiger partial charge in [-0.25, -0.2) is 0 Å². The maximum Gasteiger partial charge on any atom is 0.101 e. The van der Waals surface area contributed by atoms with E-state index in [4.69, 9.17) is 24.8 Å². The standard InChI is InChI=1S/C10H22O6/c11-3-1-2-4-15-7-10(14)8-16-6-9(13)5-12/h9-14H,1-8H2. The summed E-state index contributed by atoms with van der Waals surface area (Å²) in [5.41, 5.74) is 0. The molecular formula is C10H22O6. The minimum atomic E-state index is -0.905. The van der Waals surface area contributed by atoms with Gasteiger partial charge < -0.3 is 29.9 Å². The van der Waals surface area contributed by atoms with Gasteiger partial charge in [0.2, 0.25) is 0 Å². The zero-order chi connectivity index (χ0) is 12.2. The number of aliphatic hydroxyl groups is 4. The molecule has 4 N–H and O–H groups in total. The number of aliphatic hydroxyl groups excluding tert-OH is 4. The molecule has 0 aliphatic heterocycles. The van der Waals surface area contributed by atoms with E-state index in [-0.39, 0.29) is 33.0 Å². The van der Waals surface area contributed by atoms with Crippen molar-refractivity contribution in [1.29, 1.82) is 0 Å². The van der Waals surface area contributed by atoms with Crippen molar-refractivity contribution in [2.75, 3.05) is 39.6 Å². The molecule has 0 rings (SSSR count). The highest BCUT2D eigenvalue weighted by atomic mass is 16.5. The predicted octanol–water partition coefficient (Wildman–Crippen LogP) is -1.49. The molecule has 2 unspecified atom stereocenters. The van der Waals surface area contributed by atoms with Gasteiger partial charge in [-0.1, -0.05) is 0 Å². The van der Waals surface area contributed by atoms with Crippen molar-refractivity contribution in [3.05, 3.63) is 0 Å². The second kappa shape index (κ2) is 11.3. The largest absolute Gasteiger partial charge is 0.396 e. The molecule has 0 aliphatic rings. The fraction of sp³-hybridized carbons (Fsp3) is 1.00. The van der Waals surface area contributed by atoms with Crippen molar-refractivity contribution >= 4 is 0 Å². The third-order valence-corrected chi connectivity index (χ3v) is 1.84. The number of ether oxygens (including phenoxy) is 2. The number of hydrogen-bond acceptors (Lipinski definition) is 6. The van der Waals surface area contributed by atoms with E-state index in [0.29, 0.717) is 13.0 Å². The molecule has 0 fully saturated rings. The van der Waals surface area contributed by atoms with Gasteiger partial charge in [-0.3, -0.25) is 0 Å². The Morgan fingerprint density at radius 3 is 2.06 bits per heavy atom. The molecule has 0 aromatic carbocycles. The molecule has 6 heteroatoms. The van der Waals surface area contributed by atoms with E-state index >= 15 is 0 Å². The van der Waals surface area contributed by atoms with Crippen LogP contribution in [0.4, 0.5) is 0 Å². The zero-order valence-electron chi connectivity index (χ0n) is 9.42. The molecule has 0 bridgehead atoms. The highest BCUT2D eigenvalue weighted by molar-refractivity contribution is 4.54. The van der Waals surface area contributed by atoms with Crippen molar-refractivity contribution in [2.24, 2.45) is 0 Å². The van der Waals surface area contributed by atoms with Crippen LogP contribution >= 0.6 is 0 Å². The van der Waals surface area contributed by atoms with Crippen molar-refractivity contribution in [1.82, 2.24) is 0 Å². The van der Waals surface area contributed by atoms with Crippen LogP contribution in [-0.2, 0) is 9.47 Å². The van der Waals surface area contributed by atoms with Crippen LogP contribution in [0.5, 0.6) is 0 Å². The molecule has 0 aromatic rings. The summed E-state index contributed by atoms with van der Waals surface area (Å²) in [5.74, 6) is 0. The molecule has 0 saturated heterocycles. The molecule has 0 radical (unpaired) electrons. The van der Waals surface area contributed by atoms with Crippen LogP contribution < -0.4 is 0 Å². The normalized spacial score (nSPS) is 15.0. The third kappa shape index (κ3) is 10.3. The molecule has 0 saturated carbocycles. The van der Waals surface area contributed by atoms with Crippen LogP contribution in [0.1, 0.15) is 12.8 Å². The fourth-order valence-electron chi connectivity index (χ4n) is 0.976. The average Bonchev–Trinajstić information content (AvgIpc) is 2.28. The van der Waals surface area contributed by atoms with Crippen molar-refractivity contribution in [2.45, 2.75) is 25.0 Å². The van der Waals surface area contributed by atoms with Crippen molar-refractivity contribution in [3.63, 3.8) is 0 Å². The Labute approximate surface area is 95.4 Å². The quantitative estimate of drug-likeness (QED) is 0.327. The van der Waals surface area contributed by atoms with Gasteiger partial charge in [-0.2, -0.15) is 0 Å². The smallest absolute Gasteiger partial charge is 0.101 e. The second-order valence-corrected chi connectivity index (χ2v) is 3.53. The Hall–Kier alpha value is -0.240. The molecule has 2 atom stereocenters. The lowest BCUT2D eigenvalue weighted by atomic mass is 10.3. The molecule has 0 aromatic heterocycles. The van der Waals surface area contributed by atoms with E-state index in [1.807, 2.05) is 0 Å². The molecule has 0 amide bonds. The van der Waals surface area contributed by atoms with E-state index in [0.717, 1.165) is 6.42 Å². The molecule has 0 spiro atoms. The van der Waals surface area contributed by atoms with Crippen LogP contribution in [-0.4, -0.2) is 72.3 Å². The van der Waals surface area contributed by atoms with Crippen LogP contribution in [0.25, 0.3) is 0 Å². The number of rotatable bonds is 11. The SMILES string of the molecule is OCCCCOCC(O)COCC(O)CO. The minimum Gasteiger partial charge on any atom is -0.396 e. The maximum atomic E-state index is 9.35. The number of unbranched alkanes of at least 4 members (excludes halogenated alkanes) is 1. The maximum absolute atomic E-state index is 9.35. The summed E-state index contributed by atoms with van der Waals surface area (Å²) in [7, 11) is 0. The van der Waals surface area contributed by atoms with Crippen LogP contribution in [0.3, 0.4) is 0 Å². The Morgan fingerprint density at radius 1 is 0.812 bits per heavy atom. The van der Waals surface area contributed by atoms with E-state index in [1.165, 1.54) is 0 Å². The van der Waals surface area contributed by atoms with Crippen LogP contribution in [0.15, 0.2) is 0 Å². The van der Waals surface area contributed by atoms with Gasteiger partial charge in [0, 0.05) is 13.2 Å². The lowest BCUT2D eigenvalue weighted by Gasteiger charge is -2.13. The molecule has 0 aliphatic carbocycles. The van der Waals surface area contributed by atoms with Crippen molar-refractivity contribution < 1.29 is 29.9 Å². The van der Waals surface area contributed by atoms with E-state index in [1.54, 1.807) is 0 Å². The predicted molar refractivity (Wildman–Crippen MR) is 57.1 cm³/mol. The van der Waals surface area contributed by atoms with Gasteiger partial charge in [0.25, 0.3) is 0 Å². The summed E-state index contributed by atoms with van der Waals surface area (Å²) in [6.07, 6.45) is -0.194. The van der Waals surface area contributed by atoms with Gasteiger partial charge in [-0.15, -0.1) is 0 Å². The van der Waals surface area contributed by atoms with Crippen LogP contribution in [0.2, 0.25) is 0 Å². The zero-order valence-corrected chi connectivity index (χ0v) is 9.42. The Bertz CT molecular complexity index is 143. The van der Waals surface area contributed by atoms with Crippen molar-refractivity contribution in [3.8, 4) is 0 Å². The van der Waals surface area contributed by atoms with E-state index in [2.05, 4.69) is 0 Å². The molecule has 16 heavy (non-hydrogen) atoms. The molecule has 0 heterocycles. The highest BCUT2D eigenvalue weighted by Crippen LogP contribution is 1.93. The second-order valence-electron chi connectivity index (χ2n) is 3.53. The summed E-state index contributed by atoms with van der Waals surface area (Å²) in [6, 6.07) is 0. The Kier molecular flexibility index (Phi) is 11.1. The van der Waals surface area contributed by atoms with Gasteiger partial charge in [-0.05, 0) is 12.8 Å². The summed E-state index contributed by atoms with van der Waals surface area (Å²) in [4.78, 5) is 0. The monoisotopic (exact) mass is 238 g/mol. The summed E-state index contributed by atoms with van der Waals surface area (Å²) >= 11 is 0. The number of hydrogen-bond donors (Lipinski definition) is 4. The fourth-order valence-corrected chi connectivity index (χ4v) is 0.976. The first-order valence-corrected chi connectivity index (χ1v) is 5.44. The summed E-state index contributed by atoms with van der Waals surface area (Å²) in [6.45, 7) is 0.522. The van der Waals surface area contributed by atoms with E-state index in [9.17, 15) is 5.11 Å². The first-order chi connectivity index (χ1) is 7.70. The summed E-state index contributed by atoms with van der Waals surface area (Å²) < 4.78 is 10.1. The van der Waals surface area contributed by atoms with Crippen LogP contribution in [0, 0.1) is 0 Å². The minimum absolute atomic E-state index is 0.00191. The topological polar surface area (TPSA) is 99.4 Å². The van der Waals surface area contributed by atoms with Gasteiger partial charge in [0.05, 0.1) is 26.4 Å². The van der Waals surface area contributed by atoms with E-state index < -0.39 is 12.2 Å². The Morgan fingerprint density at radius 2 is 1.44 bits per heavy atom. The van der Waals surface area contributed by atoms with Gasteiger partial charge in [0.15, 0.2) is 0 Å². The average molecular weight is 238 g/mol. The van der Waals surface area contributed by atoms with Gasteiger partial charge >= 0.3 is 0 Å². The lowest BCUT2D eigenvalue weighted by molar-refractivity contribution is -0.0483. The molecule has 98 valence electrons. The highest BCUT2D eigenvalue weighted by Gasteiger charge is 2.07. The third-order valence-electron chi connectivity index (χ3n) is 1.84. The Balaban J connectivity index is 3.21. The first kappa shape index (κ1) is 15.8. The van der Waals surface area contributed by atoms with Gasteiger partial charge in [0.1, 0.15) is 12.2 Å². The summed E-state index contributed by atoms with van der Waals surface area (Å²) in [5, 5.41) is 35.3.